The van der Waals surface area contributed by atoms with Crippen molar-refractivity contribution < 1.29 is 38.1 Å². The first kappa shape index (κ1) is 79.5. The van der Waals surface area contributed by atoms with Gasteiger partial charge in [-0.2, -0.15) is 0 Å². The topological polar surface area (TPSA) is 281 Å². The number of nitrogens with zero attached hydrogens (tertiary/aromatic N) is 5. The van der Waals surface area contributed by atoms with Gasteiger partial charge < -0.3 is 60.2 Å². The van der Waals surface area contributed by atoms with Crippen molar-refractivity contribution in [2.75, 3.05) is 0 Å². The maximum Gasteiger partial charge on any atom is 0.408 e. The van der Waals surface area contributed by atoms with Gasteiger partial charge in [0.15, 0.2) is 0 Å². The van der Waals surface area contributed by atoms with Crippen molar-refractivity contribution >= 4 is 117 Å². The van der Waals surface area contributed by atoms with Gasteiger partial charge in [0.2, 0.25) is 0 Å². The molecule has 0 fully saturated rings. The van der Waals surface area contributed by atoms with Crippen LogP contribution in [0, 0.1) is 0 Å². The standard InChI is InChI=1S/C97H97N13O8/c1-94(2,3)115-90(111)107-80(52-58-26-17-13-18-27-58)86-68-40-36-62(98-68)56-63-37-41-69(99-63)87(81(53-59-28-19-14-20-29-59)108-91(112)116-95(4,5)6)77-49-45-73(104-77)84(72-44-48-76(86)103-72)66-34-25-35-67(102-66)85-74-46-50-78(105-74)88(82(54-60-30-21-15-22-31-60)109-92(113)117-96(7,8)9)70-42-38-64(100-70)57-65-39-43-71(101-65)89(79-51-47-75(85)106-79)83(55-61-32-23-16-24-33-61)110-93(114)118-97(10,11)12/h13-51,56-57,80-83,98,100,104,106H,52-55H2,1-12H3,(H,107,111)(H,108,112)(H,109,113)(H,110,114)/t80-,81-,82-,83-/m0/s1. The molecule has 11 aromatic rings. The molecule has 8 N–H and O–H groups in total. The predicted octanol–water partition coefficient (Wildman–Crippen LogP) is 21.6. The molecule has 0 radical (unpaired) electrons. The molecule has 4 aromatic carbocycles. The van der Waals surface area contributed by atoms with E-state index >= 15 is 0 Å². The van der Waals surface area contributed by atoms with Crippen molar-refractivity contribution in [1.29, 1.82) is 0 Å². The second kappa shape index (κ2) is 33.3. The zero-order chi connectivity index (χ0) is 82.6. The molecule has 0 unspecified atom stereocenters. The highest BCUT2D eigenvalue weighted by atomic mass is 16.6. The number of nitrogens with one attached hydrogen (secondary N) is 8. The van der Waals surface area contributed by atoms with Gasteiger partial charge in [-0.3, -0.25) is 0 Å². The monoisotopic (exact) mass is 1570 g/mol. The molecule has 21 heteroatoms. The van der Waals surface area contributed by atoms with Crippen molar-refractivity contribution in [1.82, 2.24) is 66.1 Å². The fourth-order valence-electron chi connectivity index (χ4n) is 15.2. The summed E-state index contributed by atoms with van der Waals surface area (Å²) in [4.78, 5) is 101. The average molecular weight is 1570 g/mol. The molecular formula is C97H97N13O8. The highest BCUT2D eigenvalue weighted by Crippen LogP contribution is 2.40. The van der Waals surface area contributed by atoms with E-state index in [2.05, 4.69) is 41.2 Å². The van der Waals surface area contributed by atoms with Crippen molar-refractivity contribution in [2.24, 2.45) is 0 Å². The number of hydrogen-bond donors (Lipinski definition) is 8. The molecule has 4 aliphatic heterocycles. The minimum Gasteiger partial charge on any atom is -0.444 e. The van der Waals surface area contributed by atoms with E-state index in [0.29, 0.717) is 149 Å². The highest BCUT2D eigenvalue weighted by Gasteiger charge is 2.32. The van der Waals surface area contributed by atoms with E-state index in [0.717, 1.165) is 33.3 Å². The van der Waals surface area contributed by atoms with Crippen LogP contribution in [0.3, 0.4) is 0 Å². The SMILES string of the molecule is CC(C)(C)OC(=O)N[C@@H](Cc1ccccc1)c1c2nc(c(-c3cccc(-c4c5nc(c([C@H](Cc6ccccc6)NC(=O)OC(C)(C)C)c6ccc(cc7nc(c([C@H](Cc8ccccc8)NC(=O)OC(C)(C)C)c8ccc4[nH]8)C=C7)[nH]6)C=C5)n3)c3ccc([nH]3)c([C@H](Cc3ccccc3)NC(=O)OC(C)(C)C)c3nc(cc4ccc1[nH]4)C=C3)C=C2. The third-order valence-corrected chi connectivity index (χ3v) is 19.9. The predicted molar refractivity (Wildman–Crippen MR) is 469 cm³/mol. The lowest BCUT2D eigenvalue weighted by molar-refractivity contribution is 0.0491. The minimum atomic E-state index is -0.824. The number of rotatable bonds is 18. The van der Waals surface area contributed by atoms with Crippen LogP contribution in [-0.2, 0) is 44.6 Å². The Morgan fingerprint density at radius 3 is 0.856 bits per heavy atom. The first-order valence-electron chi connectivity index (χ1n) is 39.9. The van der Waals surface area contributed by atoms with Gasteiger partial charge in [-0.1, -0.05) is 127 Å². The number of pyridine rings is 1. The summed E-state index contributed by atoms with van der Waals surface area (Å²) < 4.78 is 24.2. The van der Waals surface area contributed by atoms with Crippen molar-refractivity contribution in [3.8, 4) is 22.5 Å². The van der Waals surface area contributed by atoms with Crippen LogP contribution in [0.2, 0.25) is 0 Å². The zero-order valence-electron chi connectivity index (χ0n) is 68.3. The number of carbonyl (C=O) groups excluding carboxylic acids is 4. The maximum absolute atomic E-state index is 14.4. The molecule has 16 bridgehead atoms. The van der Waals surface area contributed by atoms with Gasteiger partial charge in [0.25, 0.3) is 0 Å². The Hall–Kier alpha value is -13.7. The number of aromatic nitrogens is 9. The molecule has 7 aromatic heterocycles. The normalized spacial score (nSPS) is 13.6. The number of aromatic amines is 4. The quantitative estimate of drug-likeness (QED) is 0.0372. The summed E-state index contributed by atoms with van der Waals surface area (Å²) in [5.74, 6) is 0. The summed E-state index contributed by atoms with van der Waals surface area (Å²) in [7, 11) is 0. The van der Waals surface area contributed by atoms with Crippen LogP contribution in [0.4, 0.5) is 19.2 Å². The van der Waals surface area contributed by atoms with Gasteiger partial charge in [-0.25, -0.2) is 44.1 Å². The lowest BCUT2D eigenvalue weighted by Gasteiger charge is -2.24. The Labute approximate surface area is 685 Å². The van der Waals surface area contributed by atoms with Gasteiger partial charge in [-0.05, 0) is 252 Å². The van der Waals surface area contributed by atoms with E-state index in [4.69, 9.17) is 43.9 Å². The molecular weight excluding hydrogens is 1480 g/mol. The molecule has 15 rings (SSSR count). The Bertz CT molecular complexity index is 5610. The van der Waals surface area contributed by atoms with E-state index in [1.54, 1.807) is 0 Å². The number of amides is 4. The van der Waals surface area contributed by atoms with E-state index in [1.807, 2.05) is 332 Å². The van der Waals surface area contributed by atoms with Gasteiger partial charge in [0.1, 0.15) is 22.4 Å². The molecule has 4 atom stereocenters. The number of carbonyl (C=O) groups is 4. The molecule has 21 nitrogen and oxygen atoms in total. The fraction of sp³-hybridized carbons (Fsp3) is 0.247. The van der Waals surface area contributed by atoms with Crippen molar-refractivity contribution in [2.45, 2.75) is 155 Å². The summed E-state index contributed by atoms with van der Waals surface area (Å²) in [6, 6.07) is 62.8. The largest absolute Gasteiger partial charge is 0.444 e. The smallest absolute Gasteiger partial charge is 0.408 e. The molecule has 0 saturated carbocycles. The van der Waals surface area contributed by atoms with E-state index in [1.165, 1.54) is 0 Å². The summed E-state index contributed by atoms with van der Waals surface area (Å²) >= 11 is 0. The van der Waals surface area contributed by atoms with Crippen LogP contribution < -0.4 is 21.3 Å². The fourth-order valence-corrected chi connectivity index (χ4v) is 15.2. The van der Waals surface area contributed by atoms with Crippen molar-refractivity contribution in [3.05, 3.63) is 290 Å². The first-order valence-corrected chi connectivity index (χ1v) is 39.9. The summed E-state index contributed by atoms with van der Waals surface area (Å²) in [6.45, 7) is 22.1. The molecule has 118 heavy (non-hydrogen) atoms. The van der Waals surface area contributed by atoms with Crippen molar-refractivity contribution in [3.63, 3.8) is 0 Å². The zero-order valence-corrected chi connectivity index (χ0v) is 68.3. The second-order valence-electron chi connectivity index (χ2n) is 33.8. The Morgan fingerprint density at radius 1 is 0.288 bits per heavy atom. The van der Waals surface area contributed by atoms with Gasteiger partial charge in [-0.15, -0.1) is 0 Å². The van der Waals surface area contributed by atoms with Crippen LogP contribution >= 0.6 is 0 Å². The molecule has 4 amide bonds. The Kier molecular flexibility index (Phi) is 22.4. The number of H-pyrrole nitrogens is 4. The minimum absolute atomic E-state index is 0.357. The van der Waals surface area contributed by atoms with Crippen LogP contribution in [0.25, 0.3) is 115 Å². The highest BCUT2D eigenvalue weighted by molar-refractivity contribution is 5.95. The van der Waals surface area contributed by atoms with Crippen LogP contribution in [0.1, 0.15) is 197 Å². The average Bonchev–Trinajstić information content (AvgIpc) is 1.61. The second-order valence-corrected chi connectivity index (χ2v) is 33.8. The lowest BCUT2D eigenvalue weighted by Crippen LogP contribution is -2.36. The van der Waals surface area contributed by atoms with E-state index in [-0.39, 0.29) is 0 Å². The van der Waals surface area contributed by atoms with E-state index < -0.39 is 70.9 Å². The number of fused-ring (bicyclic) bond motifs is 16. The number of ether oxygens (including phenoxy) is 4. The molecule has 4 aliphatic rings. The third kappa shape index (κ3) is 19.5. The number of alkyl carbamates (subject to hydrolysis) is 4. The van der Waals surface area contributed by atoms with Crippen LogP contribution in [0.15, 0.2) is 200 Å². The third-order valence-electron chi connectivity index (χ3n) is 19.9. The van der Waals surface area contributed by atoms with Gasteiger partial charge in [0, 0.05) is 66.5 Å². The van der Waals surface area contributed by atoms with Crippen LogP contribution in [-0.4, -0.2) is 91.6 Å². The number of hydrogen-bond acceptors (Lipinski definition) is 13. The van der Waals surface area contributed by atoms with Crippen LogP contribution in [0.5, 0.6) is 0 Å². The van der Waals surface area contributed by atoms with Gasteiger partial charge >= 0.3 is 24.4 Å². The Morgan fingerprint density at radius 2 is 0.551 bits per heavy atom. The maximum atomic E-state index is 14.4. The van der Waals surface area contributed by atoms with Gasteiger partial charge in [0.05, 0.1) is 92.1 Å². The summed E-state index contributed by atoms with van der Waals surface area (Å²) in [5.41, 5.74) is 15.3. The number of benzene rings is 4. The molecule has 0 aliphatic carbocycles. The molecule has 11 heterocycles. The first-order chi connectivity index (χ1) is 56.5. The Balaban J connectivity index is 1.03. The summed E-state index contributed by atoms with van der Waals surface area (Å²) in [6.07, 6.45) is 14.7. The molecule has 0 saturated heterocycles. The molecule has 0 spiro atoms. The van der Waals surface area contributed by atoms with E-state index in [9.17, 15) is 19.2 Å². The molecule has 598 valence electrons. The lowest BCUT2D eigenvalue weighted by atomic mass is 9.97. The summed E-state index contributed by atoms with van der Waals surface area (Å²) in [5, 5.41) is 13.1.